The molecule has 4 unspecified atom stereocenters. The number of esters is 1. The Balaban J connectivity index is 0.989. The van der Waals surface area contributed by atoms with E-state index in [1.807, 2.05) is 60.7 Å². The molecule has 0 radical (unpaired) electrons. The predicted octanol–water partition coefficient (Wildman–Crippen LogP) is 6.13. The largest absolute Gasteiger partial charge is 0.494 e. The van der Waals surface area contributed by atoms with Crippen LogP contribution in [0.2, 0.25) is 0 Å². The van der Waals surface area contributed by atoms with Crippen molar-refractivity contribution in [3.05, 3.63) is 82.9 Å². The topological polar surface area (TPSA) is 72.5 Å². The van der Waals surface area contributed by atoms with E-state index in [1.165, 1.54) is 12.8 Å². The molecule has 0 aromatic heterocycles. The number of rotatable bonds is 2. The van der Waals surface area contributed by atoms with E-state index in [0.717, 1.165) is 40.5 Å². The van der Waals surface area contributed by atoms with Crippen molar-refractivity contribution in [3.63, 3.8) is 0 Å². The monoisotopic (exact) mass is 656 g/mol. The molecule has 7 nitrogen and oxygen atoms in total. The first kappa shape index (κ1) is 29.6. The summed E-state index contributed by atoms with van der Waals surface area (Å²) < 4.78 is 40.3. The Labute approximate surface area is 288 Å². The summed E-state index contributed by atoms with van der Waals surface area (Å²) in [6.45, 7) is 14.0. The van der Waals surface area contributed by atoms with Gasteiger partial charge in [-0.15, -0.1) is 0 Å². The fourth-order valence-corrected chi connectivity index (χ4v) is 12.0. The number of carbonyl (C=O) groups is 1. The molecule has 3 aromatic rings. The molecule has 9 heteroatoms. The van der Waals surface area contributed by atoms with E-state index < -0.39 is 19.8 Å². The van der Waals surface area contributed by atoms with Gasteiger partial charge in [0.05, 0.1) is 29.0 Å². The number of hydrogen-bond acceptors (Lipinski definition) is 7. The smallest absolute Gasteiger partial charge is 0.456 e. The summed E-state index contributed by atoms with van der Waals surface area (Å²) in [5, 5.41) is 0. The van der Waals surface area contributed by atoms with Crippen LogP contribution >= 0.6 is 0 Å². The molecule has 13 rings (SSSR count). The lowest BCUT2D eigenvalue weighted by Crippen LogP contribution is -2.65. The van der Waals surface area contributed by atoms with Crippen LogP contribution in [-0.2, 0) is 29.0 Å². The Kier molecular flexibility index (Phi) is 5.46. The maximum Gasteiger partial charge on any atom is 0.494 e. The van der Waals surface area contributed by atoms with Gasteiger partial charge in [0.1, 0.15) is 11.5 Å². The van der Waals surface area contributed by atoms with Crippen LogP contribution in [0.3, 0.4) is 0 Å². The van der Waals surface area contributed by atoms with E-state index in [1.54, 1.807) is 0 Å². The zero-order valence-corrected chi connectivity index (χ0v) is 29.1. The molecule has 8 fully saturated rings. The van der Waals surface area contributed by atoms with Gasteiger partial charge in [-0.25, -0.2) is 4.79 Å². The first-order chi connectivity index (χ1) is 23.3. The summed E-state index contributed by atoms with van der Waals surface area (Å²) in [7, 11) is -0.998. The van der Waals surface area contributed by atoms with Gasteiger partial charge >= 0.3 is 20.2 Å². The molecule has 6 aliphatic carbocycles. The number of hydrogen-bond donors (Lipinski definition) is 0. The highest BCUT2D eigenvalue weighted by Gasteiger charge is 2.69. The number of carbonyl (C=O) groups excluding carboxylic acids is 1. The average molecular weight is 656 g/mol. The number of ether oxygens (including phenoxy) is 2. The zero-order valence-electron chi connectivity index (χ0n) is 29.1. The maximum atomic E-state index is 13.5. The molecule has 0 amide bonds. The highest BCUT2D eigenvalue weighted by Crippen LogP contribution is 2.67. The quantitative estimate of drug-likeness (QED) is 0.243. The Bertz CT molecular complexity index is 1880. The summed E-state index contributed by atoms with van der Waals surface area (Å²) >= 11 is 0. The molecule has 250 valence electrons. The second-order valence-electron chi connectivity index (χ2n) is 17.8. The molecular formula is C40H42B2O7. The van der Waals surface area contributed by atoms with Gasteiger partial charge in [0, 0.05) is 16.7 Å². The first-order valence-corrected chi connectivity index (χ1v) is 18.3. The maximum absolute atomic E-state index is 13.5. The van der Waals surface area contributed by atoms with E-state index in [-0.39, 0.29) is 40.2 Å². The molecule has 1 spiro atoms. The second kappa shape index (κ2) is 9.03. The minimum absolute atomic E-state index is 0.0666. The van der Waals surface area contributed by atoms with Crippen LogP contribution in [0.5, 0.6) is 11.5 Å². The zero-order chi connectivity index (χ0) is 33.5. The van der Waals surface area contributed by atoms with Crippen molar-refractivity contribution in [2.24, 2.45) is 34.5 Å². The number of benzene rings is 3. The SMILES string of the molecule is CC1(C)C2CC3OB(c4ccc5c(c4)Oc4cc(B6OC7C[C@@H]8C[C@@H](C8(C)C)[C@]7(C)O6)ccc4C54OC(=O)c5ccccc54)O[C@@]3(C)[C@H]1C2. The van der Waals surface area contributed by atoms with Gasteiger partial charge in [-0.05, 0) is 103 Å². The molecule has 49 heavy (non-hydrogen) atoms. The van der Waals surface area contributed by atoms with Gasteiger partial charge in [0.2, 0.25) is 0 Å². The Morgan fingerprint density at radius 1 is 0.633 bits per heavy atom. The minimum Gasteiger partial charge on any atom is -0.456 e. The third-order valence-corrected chi connectivity index (χ3v) is 15.2. The van der Waals surface area contributed by atoms with Gasteiger partial charge in [-0.1, -0.05) is 70.2 Å². The van der Waals surface area contributed by atoms with Crippen LogP contribution in [0.4, 0.5) is 0 Å². The standard InChI is InChI=1S/C40H42B2O7/c1-36(2)21-15-31(36)38(5)33(17-21)46-41(48-38)23-11-13-27-29(19-23)44-30-20-24(42-47-34-18-22-16-32(37(22,3)4)39(34,6)49-42)12-14-28(30)40(27)26-10-8-7-9-25(26)35(43)45-40/h7-14,19-22,31-34H,15-18H2,1-6H3/t21-,22?,31-,32-,33?,34?,38-,39-,40?/m0/s1. The fraction of sp³-hybridized carbons (Fsp3) is 0.525. The van der Waals surface area contributed by atoms with Crippen molar-refractivity contribution in [1.29, 1.82) is 0 Å². The van der Waals surface area contributed by atoms with Crippen LogP contribution in [0.25, 0.3) is 0 Å². The summed E-state index contributed by atoms with van der Waals surface area (Å²) in [5.74, 6) is 3.18. The van der Waals surface area contributed by atoms with Gasteiger partial charge in [0.25, 0.3) is 0 Å². The lowest BCUT2D eigenvalue weighted by atomic mass is 9.43. The third-order valence-electron chi connectivity index (χ3n) is 15.2. The number of fused-ring (bicyclic) bond motifs is 6. The van der Waals surface area contributed by atoms with Crippen molar-refractivity contribution in [1.82, 2.24) is 0 Å². The molecule has 4 aliphatic heterocycles. The predicted molar refractivity (Wildman–Crippen MR) is 184 cm³/mol. The van der Waals surface area contributed by atoms with Crippen LogP contribution in [0.15, 0.2) is 60.7 Å². The van der Waals surface area contributed by atoms with E-state index in [0.29, 0.717) is 40.7 Å². The molecule has 3 aromatic carbocycles. The molecule has 10 aliphatic rings. The van der Waals surface area contributed by atoms with Crippen LogP contribution in [-0.4, -0.2) is 43.6 Å². The van der Waals surface area contributed by atoms with Crippen LogP contribution in [0, 0.1) is 34.5 Å². The average Bonchev–Trinajstić information content (AvgIpc) is 3.73. The molecule has 4 bridgehead atoms. The summed E-state index contributed by atoms with van der Waals surface area (Å²) in [4.78, 5) is 13.5. The third kappa shape index (κ3) is 3.44. The van der Waals surface area contributed by atoms with Gasteiger partial charge < -0.3 is 28.1 Å². The fourth-order valence-electron chi connectivity index (χ4n) is 12.0. The Hall–Kier alpha value is -3.10. The molecule has 0 N–H and O–H groups in total. The lowest BCUT2D eigenvalue weighted by molar-refractivity contribution is -0.199. The second-order valence-corrected chi connectivity index (χ2v) is 17.8. The molecular weight excluding hydrogens is 614 g/mol. The minimum atomic E-state index is -1.15. The van der Waals surface area contributed by atoms with Crippen molar-refractivity contribution < 1.29 is 32.9 Å². The van der Waals surface area contributed by atoms with Crippen molar-refractivity contribution in [2.75, 3.05) is 0 Å². The Morgan fingerprint density at radius 2 is 1.14 bits per heavy atom. The van der Waals surface area contributed by atoms with Gasteiger partial charge in [0.15, 0.2) is 5.60 Å². The van der Waals surface area contributed by atoms with Crippen molar-refractivity contribution in [3.8, 4) is 11.5 Å². The summed E-state index contributed by atoms with van der Waals surface area (Å²) in [6, 6.07) is 19.9. The van der Waals surface area contributed by atoms with E-state index >= 15 is 0 Å². The van der Waals surface area contributed by atoms with Crippen molar-refractivity contribution >= 4 is 31.1 Å². The van der Waals surface area contributed by atoms with Gasteiger partial charge in [-0.2, -0.15) is 0 Å². The van der Waals surface area contributed by atoms with Crippen LogP contribution in [0.1, 0.15) is 94.3 Å². The van der Waals surface area contributed by atoms with Gasteiger partial charge in [-0.3, -0.25) is 0 Å². The van der Waals surface area contributed by atoms with E-state index in [2.05, 4.69) is 41.5 Å². The summed E-state index contributed by atoms with van der Waals surface area (Å²) in [5.41, 5.74) is 3.46. The molecule has 2 saturated heterocycles. The van der Waals surface area contributed by atoms with Crippen LogP contribution < -0.4 is 15.7 Å². The highest BCUT2D eigenvalue weighted by atomic mass is 16.7. The summed E-state index contributed by atoms with van der Waals surface area (Å²) in [6.07, 6.45) is 4.57. The molecule has 4 heterocycles. The van der Waals surface area contributed by atoms with Crippen molar-refractivity contribution in [2.45, 2.75) is 96.2 Å². The highest BCUT2D eigenvalue weighted by molar-refractivity contribution is 6.62. The molecule has 9 atom stereocenters. The molecule has 6 saturated carbocycles. The van der Waals surface area contributed by atoms with E-state index in [9.17, 15) is 4.79 Å². The lowest BCUT2D eigenvalue weighted by Gasteiger charge is -2.64. The van der Waals surface area contributed by atoms with E-state index in [4.69, 9.17) is 28.1 Å². The Morgan fingerprint density at radius 3 is 1.65 bits per heavy atom. The first-order valence-electron chi connectivity index (χ1n) is 18.3. The normalized spacial score (nSPS) is 40.7.